The Morgan fingerprint density at radius 3 is 2.65 bits per heavy atom. The van der Waals surface area contributed by atoms with Crippen LogP contribution in [-0.2, 0) is 16.8 Å². The van der Waals surface area contributed by atoms with Gasteiger partial charge in [-0.05, 0) is 44.9 Å². The minimum Gasteiger partial charge on any atom is -0.368 e. The van der Waals surface area contributed by atoms with Crippen molar-refractivity contribution >= 4 is 11.3 Å². The molecule has 1 fully saturated rings. The van der Waals surface area contributed by atoms with Crippen molar-refractivity contribution in [1.29, 1.82) is 0 Å². The fraction of sp³-hybridized carbons (Fsp3) is 0.786. The Kier molecular flexibility index (Phi) is 4.21. The summed E-state index contributed by atoms with van der Waals surface area (Å²) < 4.78 is 6.11. The summed E-state index contributed by atoms with van der Waals surface area (Å²) in [5.74, 6) is 0.842. The van der Waals surface area contributed by atoms with Gasteiger partial charge in [0.05, 0.1) is 0 Å². The second kappa shape index (κ2) is 5.49. The van der Waals surface area contributed by atoms with Gasteiger partial charge in [0.1, 0.15) is 10.6 Å². The molecule has 0 unspecified atom stereocenters. The molecule has 2 rings (SSSR count). The molecule has 1 heterocycles. The molecule has 2 nitrogen and oxygen atoms in total. The molecule has 0 atom stereocenters. The van der Waals surface area contributed by atoms with Gasteiger partial charge in [-0.15, -0.1) is 11.3 Å². The van der Waals surface area contributed by atoms with E-state index in [1.165, 1.54) is 22.7 Å². The predicted molar refractivity (Wildman–Crippen MR) is 72.4 cm³/mol. The molecule has 3 heteroatoms. The fourth-order valence-electron chi connectivity index (χ4n) is 2.61. The number of nitrogens with zero attached hydrogens (tertiary/aromatic N) is 1. The zero-order valence-corrected chi connectivity index (χ0v) is 12.0. The number of aryl methyl sites for hydroxylation is 1. The van der Waals surface area contributed by atoms with Gasteiger partial charge >= 0.3 is 0 Å². The Balaban J connectivity index is 2.21. The second-order valence-electron chi connectivity index (χ2n) is 5.10. The largest absolute Gasteiger partial charge is 0.368 e. The summed E-state index contributed by atoms with van der Waals surface area (Å²) in [4.78, 5) is 5.99. The Labute approximate surface area is 108 Å². The molecule has 1 aliphatic rings. The van der Waals surface area contributed by atoms with Crippen molar-refractivity contribution in [2.75, 3.05) is 6.61 Å². The van der Waals surface area contributed by atoms with E-state index in [-0.39, 0.29) is 5.60 Å². The minimum atomic E-state index is -0.0701. The van der Waals surface area contributed by atoms with Crippen molar-refractivity contribution in [1.82, 2.24) is 4.98 Å². The molecule has 0 spiro atoms. The van der Waals surface area contributed by atoms with E-state index in [1.807, 2.05) is 17.5 Å². The third-order valence-corrected chi connectivity index (χ3v) is 5.12. The lowest BCUT2D eigenvalue weighted by molar-refractivity contribution is -0.0776. The monoisotopic (exact) mass is 253 g/mol. The van der Waals surface area contributed by atoms with Crippen molar-refractivity contribution in [3.8, 4) is 0 Å². The van der Waals surface area contributed by atoms with Crippen LogP contribution < -0.4 is 0 Å². The van der Waals surface area contributed by atoms with Crippen LogP contribution in [0.1, 0.15) is 56.3 Å². The number of hydrogen-bond acceptors (Lipinski definition) is 3. The van der Waals surface area contributed by atoms with Crippen molar-refractivity contribution in [3.05, 3.63) is 16.1 Å². The number of hydrogen-bond donors (Lipinski definition) is 0. The third kappa shape index (κ3) is 2.71. The van der Waals surface area contributed by atoms with E-state index in [4.69, 9.17) is 4.74 Å². The number of rotatable bonds is 4. The molecule has 1 aromatic heterocycles. The average molecular weight is 253 g/mol. The quantitative estimate of drug-likeness (QED) is 0.804. The molecule has 0 aromatic carbocycles. The van der Waals surface area contributed by atoms with Crippen LogP contribution in [0.15, 0.2) is 6.20 Å². The first-order valence-electron chi connectivity index (χ1n) is 6.79. The Morgan fingerprint density at radius 1 is 1.41 bits per heavy atom. The first-order chi connectivity index (χ1) is 8.20. The highest BCUT2D eigenvalue weighted by molar-refractivity contribution is 7.11. The highest BCUT2D eigenvalue weighted by Gasteiger charge is 2.39. The van der Waals surface area contributed by atoms with E-state index >= 15 is 0 Å². The zero-order valence-electron chi connectivity index (χ0n) is 11.2. The summed E-state index contributed by atoms with van der Waals surface area (Å²) in [6.07, 6.45) is 7.91. The van der Waals surface area contributed by atoms with E-state index in [2.05, 4.69) is 25.8 Å². The molecule has 0 N–H and O–H groups in total. The van der Waals surface area contributed by atoms with Gasteiger partial charge in [-0.3, -0.25) is 0 Å². The highest BCUT2D eigenvalue weighted by atomic mass is 32.1. The molecule has 0 aliphatic heterocycles. The summed E-state index contributed by atoms with van der Waals surface area (Å²) >= 11 is 1.84. The Bertz CT molecular complexity index is 353. The van der Waals surface area contributed by atoms with Crippen LogP contribution in [0.25, 0.3) is 0 Å². The van der Waals surface area contributed by atoms with Crippen molar-refractivity contribution in [2.45, 2.75) is 58.5 Å². The van der Waals surface area contributed by atoms with Crippen LogP contribution >= 0.6 is 11.3 Å². The molecule has 0 bridgehead atoms. The summed E-state index contributed by atoms with van der Waals surface area (Å²) in [5.41, 5.74) is -0.0701. The maximum absolute atomic E-state index is 6.11. The molecule has 0 amide bonds. The molecule has 17 heavy (non-hydrogen) atoms. The van der Waals surface area contributed by atoms with Crippen LogP contribution in [0.3, 0.4) is 0 Å². The van der Waals surface area contributed by atoms with Crippen molar-refractivity contribution in [2.24, 2.45) is 5.92 Å². The zero-order chi connectivity index (χ0) is 12.3. The lowest BCUT2D eigenvalue weighted by atomic mass is 9.80. The van der Waals surface area contributed by atoms with Gasteiger partial charge < -0.3 is 4.74 Å². The fourth-order valence-corrected chi connectivity index (χ4v) is 3.66. The SMILES string of the molecule is CCOC1(c2ncc(CC)s2)CCC(C)CC1. The van der Waals surface area contributed by atoms with E-state index in [0.717, 1.165) is 31.8 Å². The molecule has 1 aliphatic carbocycles. The second-order valence-corrected chi connectivity index (χ2v) is 6.21. The lowest BCUT2D eigenvalue weighted by Crippen LogP contribution is -2.34. The normalized spacial score (nSPS) is 29.5. The van der Waals surface area contributed by atoms with E-state index in [1.54, 1.807) is 0 Å². The van der Waals surface area contributed by atoms with Crippen LogP contribution in [0.5, 0.6) is 0 Å². The summed E-state index contributed by atoms with van der Waals surface area (Å²) in [5, 5.41) is 1.21. The third-order valence-electron chi connectivity index (χ3n) is 3.79. The molecule has 1 aromatic rings. The van der Waals surface area contributed by atoms with Crippen LogP contribution in [0.2, 0.25) is 0 Å². The first-order valence-corrected chi connectivity index (χ1v) is 7.61. The van der Waals surface area contributed by atoms with E-state index in [0.29, 0.717) is 0 Å². The van der Waals surface area contributed by atoms with Crippen molar-refractivity contribution < 1.29 is 4.74 Å². The smallest absolute Gasteiger partial charge is 0.125 e. The summed E-state index contributed by atoms with van der Waals surface area (Å²) in [6.45, 7) is 7.41. The maximum Gasteiger partial charge on any atom is 0.125 e. The molecule has 96 valence electrons. The molecule has 0 radical (unpaired) electrons. The van der Waals surface area contributed by atoms with Gasteiger partial charge in [0.25, 0.3) is 0 Å². The number of aromatic nitrogens is 1. The van der Waals surface area contributed by atoms with E-state index < -0.39 is 0 Å². The van der Waals surface area contributed by atoms with Gasteiger partial charge in [-0.25, -0.2) is 4.98 Å². The number of ether oxygens (including phenoxy) is 1. The van der Waals surface area contributed by atoms with Gasteiger partial charge in [-0.1, -0.05) is 13.8 Å². The molecule has 1 saturated carbocycles. The van der Waals surface area contributed by atoms with Crippen LogP contribution in [0.4, 0.5) is 0 Å². The van der Waals surface area contributed by atoms with Gasteiger partial charge in [-0.2, -0.15) is 0 Å². The summed E-state index contributed by atoms with van der Waals surface area (Å²) in [7, 11) is 0. The Morgan fingerprint density at radius 2 is 2.12 bits per heavy atom. The van der Waals surface area contributed by atoms with Crippen LogP contribution in [-0.4, -0.2) is 11.6 Å². The van der Waals surface area contributed by atoms with Gasteiger partial charge in [0.2, 0.25) is 0 Å². The van der Waals surface area contributed by atoms with Gasteiger partial charge in [0, 0.05) is 17.7 Å². The minimum absolute atomic E-state index is 0.0701. The highest BCUT2D eigenvalue weighted by Crippen LogP contribution is 2.43. The first kappa shape index (κ1) is 13.0. The average Bonchev–Trinajstić information content (AvgIpc) is 2.82. The molecule has 0 saturated heterocycles. The van der Waals surface area contributed by atoms with Gasteiger partial charge in [0.15, 0.2) is 0 Å². The predicted octanol–water partition coefficient (Wildman–Crippen LogP) is 4.15. The standard InChI is InChI=1S/C14H23NOS/c1-4-12-10-15-13(17-12)14(16-5-2)8-6-11(3)7-9-14/h10-11H,4-9H2,1-3H3. The summed E-state index contributed by atoms with van der Waals surface area (Å²) in [6, 6.07) is 0. The lowest BCUT2D eigenvalue weighted by Gasteiger charge is -2.37. The maximum atomic E-state index is 6.11. The van der Waals surface area contributed by atoms with E-state index in [9.17, 15) is 0 Å². The van der Waals surface area contributed by atoms with Crippen LogP contribution in [0, 0.1) is 5.92 Å². The molecular weight excluding hydrogens is 230 g/mol. The number of thiazole rings is 1. The van der Waals surface area contributed by atoms with Crippen molar-refractivity contribution in [3.63, 3.8) is 0 Å². The topological polar surface area (TPSA) is 22.1 Å². The Hall–Kier alpha value is -0.410. The molecular formula is C14H23NOS.